The molecule has 0 radical (unpaired) electrons. The number of fused-ring (bicyclic) bond motifs is 2. The smallest absolute Gasteiger partial charge is 0.263 e. The van der Waals surface area contributed by atoms with E-state index in [0.29, 0.717) is 0 Å². The van der Waals surface area contributed by atoms with E-state index in [4.69, 9.17) is 4.98 Å². The molecule has 3 heterocycles. The Hall–Kier alpha value is -4.74. The molecule has 0 saturated carbocycles. The van der Waals surface area contributed by atoms with Gasteiger partial charge in [0, 0.05) is 49.4 Å². The molecule has 40 heavy (non-hydrogen) atoms. The Kier molecular flexibility index (Phi) is 6.14. The van der Waals surface area contributed by atoms with Crippen LogP contribution in [0.15, 0.2) is 122 Å². The van der Waals surface area contributed by atoms with Crippen molar-refractivity contribution in [2.45, 2.75) is 6.54 Å². The van der Waals surface area contributed by atoms with Crippen molar-refractivity contribution in [2.75, 3.05) is 4.90 Å². The average molecular weight is 538 g/mol. The summed E-state index contributed by atoms with van der Waals surface area (Å²) in [6.07, 6.45) is 8.51. The molecule has 0 unspecified atom stereocenters. The quantitative estimate of drug-likeness (QED) is 0.210. The first-order valence-electron chi connectivity index (χ1n) is 13.5. The molecule has 194 valence electrons. The van der Waals surface area contributed by atoms with Crippen LogP contribution < -0.4 is 9.47 Å². The number of hydrogen-bond donors (Lipinski definition) is 0. The molecular formula is C35H29N4S+. The van der Waals surface area contributed by atoms with Gasteiger partial charge in [0.25, 0.3) is 5.01 Å². The summed E-state index contributed by atoms with van der Waals surface area (Å²) < 4.78 is 5.68. The van der Waals surface area contributed by atoms with Crippen molar-refractivity contribution in [1.82, 2.24) is 9.55 Å². The van der Waals surface area contributed by atoms with Crippen LogP contribution in [-0.4, -0.2) is 9.55 Å². The fourth-order valence-corrected chi connectivity index (χ4v) is 6.56. The van der Waals surface area contributed by atoms with E-state index in [0.717, 1.165) is 18.1 Å². The second kappa shape index (κ2) is 10.1. The van der Waals surface area contributed by atoms with Crippen molar-refractivity contribution in [1.29, 1.82) is 0 Å². The fourth-order valence-electron chi connectivity index (χ4n) is 5.47. The van der Waals surface area contributed by atoms with Gasteiger partial charge in [0.05, 0.1) is 5.70 Å². The van der Waals surface area contributed by atoms with Gasteiger partial charge < -0.3 is 9.47 Å². The number of anilines is 1. The van der Waals surface area contributed by atoms with E-state index >= 15 is 0 Å². The van der Waals surface area contributed by atoms with Crippen LogP contribution >= 0.6 is 11.3 Å². The number of rotatable bonds is 5. The lowest BCUT2D eigenvalue weighted by molar-refractivity contribution is -0.642. The lowest BCUT2D eigenvalue weighted by Gasteiger charge is -2.33. The Balaban J connectivity index is 1.37. The molecule has 0 amide bonds. The maximum absolute atomic E-state index is 4.76. The highest BCUT2D eigenvalue weighted by molar-refractivity contribution is 7.18. The molecule has 4 nitrogen and oxygen atoms in total. The van der Waals surface area contributed by atoms with Crippen molar-refractivity contribution < 1.29 is 4.57 Å². The predicted molar refractivity (Wildman–Crippen MR) is 167 cm³/mol. The van der Waals surface area contributed by atoms with E-state index in [9.17, 15) is 0 Å². The Morgan fingerprint density at radius 3 is 2.38 bits per heavy atom. The number of imidazole rings is 1. The summed E-state index contributed by atoms with van der Waals surface area (Å²) >= 11 is 1.82. The standard InChI is InChI=1S/C35H29N4S/c1-37-20-19-36-35(37)32-22-28(29-15-9-10-16-30(29)39(32)24-25-11-5-3-6-12-25)23-34-38(2)31-21-27(17-18-33(31)40-34)26-13-7-4-8-14-26/h3-23H,24H2,1-2H3/q+1. The van der Waals surface area contributed by atoms with Crippen molar-refractivity contribution in [3.63, 3.8) is 0 Å². The molecule has 0 bridgehead atoms. The van der Waals surface area contributed by atoms with E-state index in [1.54, 1.807) is 0 Å². The Labute approximate surface area is 238 Å². The van der Waals surface area contributed by atoms with Gasteiger partial charge in [-0.15, -0.1) is 0 Å². The second-order valence-electron chi connectivity index (χ2n) is 10.1. The molecule has 5 heteroatoms. The van der Waals surface area contributed by atoms with Gasteiger partial charge in [-0.1, -0.05) is 96.3 Å². The first-order valence-corrected chi connectivity index (χ1v) is 14.3. The van der Waals surface area contributed by atoms with E-state index in [1.165, 1.54) is 48.7 Å². The highest BCUT2D eigenvalue weighted by atomic mass is 32.1. The third-order valence-corrected chi connectivity index (χ3v) is 8.74. The summed E-state index contributed by atoms with van der Waals surface area (Å²) in [7, 11) is 4.23. The van der Waals surface area contributed by atoms with Crippen LogP contribution in [0.25, 0.3) is 38.7 Å². The molecule has 0 N–H and O–H groups in total. The lowest BCUT2D eigenvalue weighted by Crippen LogP contribution is -2.29. The summed E-state index contributed by atoms with van der Waals surface area (Å²) in [5.74, 6) is 0.949. The molecule has 7 rings (SSSR count). The minimum Gasteiger partial charge on any atom is -0.333 e. The summed E-state index contributed by atoms with van der Waals surface area (Å²) in [6, 6.07) is 36.7. The monoisotopic (exact) mass is 537 g/mol. The summed E-state index contributed by atoms with van der Waals surface area (Å²) in [5.41, 5.74) is 9.65. The number of aromatic nitrogens is 3. The highest BCUT2D eigenvalue weighted by Crippen LogP contribution is 2.41. The summed E-state index contributed by atoms with van der Waals surface area (Å²) in [5, 5.41) is 1.21. The minimum atomic E-state index is 0.767. The summed E-state index contributed by atoms with van der Waals surface area (Å²) in [4.78, 5) is 7.15. The number of thiazole rings is 1. The normalized spacial score (nSPS) is 14.0. The zero-order valence-corrected chi connectivity index (χ0v) is 23.3. The predicted octanol–water partition coefficient (Wildman–Crippen LogP) is 7.73. The molecule has 6 aromatic rings. The van der Waals surface area contributed by atoms with Crippen LogP contribution in [0.5, 0.6) is 0 Å². The van der Waals surface area contributed by atoms with Crippen molar-refractivity contribution in [2.24, 2.45) is 14.1 Å². The van der Waals surface area contributed by atoms with Crippen LogP contribution in [-0.2, 0) is 20.6 Å². The van der Waals surface area contributed by atoms with Crippen LogP contribution in [0.2, 0.25) is 0 Å². The molecule has 1 aliphatic heterocycles. The molecule has 4 aromatic carbocycles. The third-order valence-electron chi connectivity index (χ3n) is 7.57. The molecule has 2 aromatic heterocycles. The molecule has 0 atom stereocenters. The molecule has 0 saturated heterocycles. The van der Waals surface area contributed by atoms with E-state index in [-0.39, 0.29) is 0 Å². The van der Waals surface area contributed by atoms with Crippen LogP contribution in [0.3, 0.4) is 0 Å². The number of para-hydroxylation sites is 1. The average Bonchev–Trinajstić information content (AvgIpc) is 3.57. The highest BCUT2D eigenvalue weighted by Gasteiger charge is 2.27. The van der Waals surface area contributed by atoms with Gasteiger partial charge in [-0.25, -0.2) is 4.98 Å². The molecule has 0 aliphatic carbocycles. The maximum Gasteiger partial charge on any atom is 0.263 e. The van der Waals surface area contributed by atoms with Crippen molar-refractivity contribution in [3.05, 3.63) is 144 Å². The summed E-state index contributed by atoms with van der Waals surface area (Å²) in [6.45, 7) is 0.767. The van der Waals surface area contributed by atoms with E-state index in [2.05, 4.69) is 143 Å². The topological polar surface area (TPSA) is 24.9 Å². The van der Waals surface area contributed by atoms with Gasteiger partial charge in [-0.3, -0.25) is 0 Å². The number of allylic oxidation sites excluding steroid dienone is 2. The Morgan fingerprint density at radius 2 is 1.60 bits per heavy atom. The van der Waals surface area contributed by atoms with E-state index < -0.39 is 0 Å². The maximum atomic E-state index is 4.76. The Bertz CT molecular complexity index is 1890. The van der Waals surface area contributed by atoms with Crippen molar-refractivity contribution in [3.8, 4) is 11.1 Å². The number of nitrogens with zero attached hydrogens (tertiary/aromatic N) is 4. The first kappa shape index (κ1) is 24.3. The van der Waals surface area contributed by atoms with E-state index in [1.807, 2.05) is 23.7 Å². The SMILES string of the molecule is Cn1ccnc1C1=CC(=Cc2sc3ccc(-c4ccccc4)cc3[n+]2C)c2ccccc2N1Cc1ccccc1. The third kappa shape index (κ3) is 4.34. The zero-order chi connectivity index (χ0) is 27.1. The fraction of sp³-hybridized carbons (Fsp3) is 0.0857. The van der Waals surface area contributed by atoms with Gasteiger partial charge in [0.2, 0.25) is 5.52 Å². The van der Waals surface area contributed by atoms with Gasteiger partial charge in [-0.05, 0) is 40.5 Å². The number of benzene rings is 4. The molecule has 0 spiro atoms. The van der Waals surface area contributed by atoms with Gasteiger partial charge in [-0.2, -0.15) is 4.57 Å². The van der Waals surface area contributed by atoms with Gasteiger partial charge in [0.1, 0.15) is 11.7 Å². The second-order valence-corrected chi connectivity index (χ2v) is 11.2. The van der Waals surface area contributed by atoms with Crippen LogP contribution in [0.4, 0.5) is 5.69 Å². The van der Waals surface area contributed by atoms with Gasteiger partial charge >= 0.3 is 0 Å². The lowest BCUT2D eigenvalue weighted by atomic mass is 9.96. The molecule has 1 aliphatic rings. The van der Waals surface area contributed by atoms with Crippen LogP contribution in [0, 0.1) is 0 Å². The van der Waals surface area contributed by atoms with Gasteiger partial charge in [0.15, 0.2) is 5.82 Å². The van der Waals surface area contributed by atoms with Crippen LogP contribution in [0.1, 0.15) is 22.0 Å². The minimum absolute atomic E-state index is 0.767. The largest absolute Gasteiger partial charge is 0.333 e. The Morgan fingerprint density at radius 1 is 0.850 bits per heavy atom. The number of aryl methyl sites for hydroxylation is 2. The van der Waals surface area contributed by atoms with Crippen molar-refractivity contribution >= 4 is 44.6 Å². The zero-order valence-electron chi connectivity index (χ0n) is 22.5. The number of hydrogen-bond acceptors (Lipinski definition) is 3. The molecule has 0 fully saturated rings. The first-order chi connectivity index (χ1) is 19.7. The molecular weight excluding hydrogens is 508 g/mol.